The molecule has 1 rings (SSSR count). The fraction of sp³-hybridized carbons (Fsp3) is 0.636. The van der Waals surface area contributed by atoms with Gasteiger partial charge in [-0.15, -0.1) is 0 Å². The molecule has 1 aromatic heterocycles. The van der Waals surface area contributed by atoms with Crippen molar-refractivity contribution in [1.82, 2.24) is 14.7 Å². The Morgan fingerprint density at radius 2 is 1.89 bits per heavy atom. The van der Waals surface area contributed by atoms with Crippen molar-refractivity contribution in [3.05, 3.63) is 17.0 Å². The second kappa shape index (κ2) is 6.02. The average molecular weight is 307 g/mol. The monoisotopic (exact) mass is 306 g/mol. The number of hydrogen-bond donors (Lipinski definition) is 2. The summed E-state index contributed by atoms with van der Waals surface area (Å²) < 4.78 is 24.2. The Kier molecular flexibility index (Phi) is 5.11. The van der Waals surface area contributed by atoms with Crippen LogP contribution in [0, 0.1) is 0 Å². The van der Waals surface area contributed by atoms with E-state index in [1.54, 1.807) is 6.07 Å². The molecule has 0 aromatic carbocycles. The zero-order chi connectivity index (χ0) is 14.7. The van der Waals surface area contributed by atoms with Crippen LogP contribution < -0.4 is 10.0 Å². The first-order valence-corrected chi connectivity index (χ1v) is 8.08. The summed E-state index contributed by atoms with van der Waals surface area (Å²) in [7, 11) is -3.17. The second-order valence-corrected chi connectivity index (χ2v) is 7.46. The fourth-order valence-electron chi connectivity index (χ4n) is 1.27. The maximum atomic E-state index is 10.9. The zero-order valence-electron chi connectivity index (χ0n) is 11.5. The lowest BCUT2D eigenvalue weighted by Crippen LogP contribution is -2.28. The molecule has 8 heteroatoms. The Hall–Kier alpha value is -0.920. The van der Waals surface area contributed by atoms with E-state index in [1.807, 2.05) is 20.8 Å². The Morgan fingerprint density at radius 3 is 2.42 bits per heavy atom. The van der Waals surface area contributed by atoms with Crippen molar-refractivity contribution in [2.24, 2.45) is 0 Å². The van der Waals surface area contributed by atoms with Gasteiger partial charge in [-0.3, -0.25) is 0 Å². The van der Waals surface area contributed by atoms with Crippen molar-refractivity contribution in [3.8, 4) is 0 Å². The molecule has 0 aliphatic heterocycles. The summed E-state index contributed by atoms with van der Waals surface area (Å²) >= 11 is 5.94. The van der Waals surface area contributed by atoms with Crippen molar-refractivity contribution >= 4 is 27.4 Å². The predicted octanol–water partition coefficient (Wildman–Crippen LogP) is 1.39. The van der Waals surface area contributed by atoms with Gasteiger partial charge in [-0.25, -0.2) is 23.1 Å². The topological polar surface area (TPSA) is 84.0 Å². The van der Waals surface area contributed by atoms with Crippen molar-refractivity contribution in [2.45, 2.75) is 26.2 Å². The molecule has 19 heavy (non-hydrogen) atoms. The molecule has 1 aromatic rings. The lowest BCUT2D eigenvalue weighted by atomic mass is 9.96. The Balaban J connectivity index is 2.67. The van der Waals surface area contributed by atoms with Crippen LogP contribution in [-0.2, 0) is 15.4 Å². The normalized spacial score (nSPS) is 12.5. The first-order chi connectivity index (χ1) is 8.58. The first kappa shape index (κ1) is 16.1. The molecule has 0 spiro atoms. The van der Waals surface area contributed by atoms with Gasteiger partial charge in [0.1, 0.15) is 16.8 Å². The van der Waals surface area contributed by atoms with Gasteiger partial charge in [0, 0.05) is 24.6 Å². The predicted molar refractivity (Wildman–Crippen MR) is 77.1 cm³/mol. The highest BCUT2D eigenvalue weighted by Crippen LogP contribution is 2.21. The van der Waals surface area contributed by atoms with Gasteiger partial charge in [-0.1, -0.05) is 32.4 Å². The van der Waals surface area contributed by atoms with Gasteiger partial charge in [0.05, 0.1) is 6.26 Å². The van der Waals surface area contributed by atoms with Crippen molar-refractivity contribution in [1.29, 1.82) is 0 Å². The van der Waals surface area contributed by atoms with Crippen molar-refractivity contribution in [2.75, 3.05) is 24.7 Å². The second-order valence-electron chi connectivity index (χ2n) is 5.24. The van der Waals surface area contributed by atoms with E-state index >= 15 is 0 Å². The van der Waals surface area contributed by atoms with Crippen LogP contribution in [0.2, 0.25) is 5.15 Å². The molecule has 0 aliphatic rings. The van der Waals surface area contributed by atoms with Crippen LogP contribution in [0.4, 0.5) is 5.82 Å². The molecule has 0 atom stereocenters. The third kappa shape index (κ3) is 6.17. The molecule has 0 aliphatic carbocycles. The number of halogens is 1. The molecular formula is C11H19ClN4O2S. The van der Waals surface area contributed by atoms with Crippen LogP contribution in [0.1, 0.15) is 26.6 Å². The minimum atomic E-state index is -3.17. The van der Waals surface area contributed by atoms with Crippen molar-refractivity contribution in [3.63, 3.8) is 0 Å². The SMILES string of the molecule is CC(C)(C)c1nc(Cl)cc(NCCNS(C)(=O)=O)n1. The van der Waals surface area contributed by atoms with E-state index in [0.29, 0.717) is 23.3 Å². The van der Waals surface area contributed by atoms with E-state index in [-0.39, 0.29) is 12.0 Å². The number of anilines is 1. The molecule has 108 valence electrons. The molecule has 0 saturated carbocycles. The molecular weight excluding hydrogens is 288 g/mol. The van der Waals surface area contributed by atoms with Gasteiger partial charge >= 0.3 is 0 Å². The fourth-order valence-corrected chi connectivity index (χ4v) is 1.93. The summed E-state index contributed by atoms with van der Waals surface area (Å²) in [6.07, 6.45) is 1.12. The molecule has 0 bridgehead atoms. The standard InChI is InChI=1S/C11H19ClN4O2S/c1-11(2,3)10-15-8(12)7-9(16-10)13-5-6-14-19(4,17)18/h7,14H,5-6H2,1-4H3,(H,13,15,16). The third-order valence-corrected chi connectivity index (χ3v) is 3.08. The first-order valence-electron chi connectivity index (χ1n) is 5.81. The number of hydrogen-bond acceptors (Lipinski definition) is 5. The Labute approximate surface area is 119 Å². The molecule has 0 fully saturated rings. The quantitative estimate of drug-likeness (QED) is 0.634. The molecule has 1 heterocycles. The minimum absolute atomic E-state index is 0.202. The number of sulfonamides is 1. The summed E-state index contributed by atoms with van der Waals surface area (Å²) in [6.45, 7) is 6.68. The lowest BCUT2D eigenvalue weighted by molar-refractivity contribution is 0.546. The van der Waals surface area contributed by atoms with E-state index < -0.39 is 10.0 Å². The summed E-state index contributed by atoms with van der Waals surface area (Å²) in [5, 5.41) is 3.37. The van der Waals surface area contributed by atoms with Crippen molar-refractivity contribution < 1.29 is 8.42 Å². The van der Waals surface area contributed by atoms with Crippen LogP contribution >= 0.6 is 11.6 Å². The largest absolute Gasteiger partial charge is 0.369 e. The van der Waals surface area contributed by atoms with Crippen LogP contribution in [0.15, 0.2) is 6.07 Å². The molecule has 0 saturated heterocycles. The third-order valence-electron chi connectivity index (χ3n) is 2.16. The highest BCUT2D eigenvalue weighted by atomic mass is 35.5. The molecule has 2 N–H and O–H groups in total. The van der Waals surface area contributed by atoms with E-state index in [0.717, 1.165) is 6.26 Å². The van der Waals surface area contributed by atoms with E-state index in [2.05, 4.69) is 20.0 Å². The maximum absolute atomic E-state index is 10.9. The summed E-state index contributed by atoms with van der Waals surface area (Å²) in [5.74, 6) is 1.22. The van der Waals surface area contributed by atoms with Gasteiger partial charge in [0.25, 0.3) is 0 Å². The molecule has 6 nitrogen and oxygen atoms in total. The molecule has 0 unspecified atom stereocenters. The van der Waals surface area contributed by atoms with Gasteiger partial charge in [-0.05, 0) is 0 Å². The Morgan fingerprint density at radius 1 is 1.26 bits per heavy atom. The van der Waals surface area contributed by atoms with Crippen LogP contribution in [0.5, 0.6) is 0 Å². The lowest BCUT2D eigenvalue weighted by Gasteiger charge is -2.17. The number of aromatic nitrogens is 2. The van der Waals surface area contributed by atoms with E-state index in [1.165, 1.54) is 0 Å². The maximum Gasteiger partial charge on any atom is 0.208 e. The minimum Gasteiger partial charge on any atom is -0.369 e. The number of nitrogens with one attached hydrogen (secondary N) is 2. The Bertz CT molecular complexity index is 540. The number of nitrogens with zero attached hydrogens (tertiary/aromatic N) is 2. The number of rotatable bonds is 5. The van der Waals surface area contributed by atoms with E-state index in [4.69, 9.17) is 11.6 Å². The van der Waals surface area contributed by atoms with Gasteiger partial charge in [-0.2, -0.15) is 0 Å². The van der Waals surface area contributed by atoms with Crippen LogP contribution in [0.25, 0.3) is 0 Å². The summed E-state index contributed by atoms with van der Waals surface area (Å²) in [6, 6.07) is 1.61. The zero-order valence-corrected chi connectivity index (χ0v) is 13.1. The average Bonchev–Trinajstić information content (AvgIpc) is 2.21. The smallest absolute Gasteiger partial charge is 0.208 e. The highest BCUT2D eigenvalue weighted by Gasteiger charge is 2.18. The summed E-state index contributed by atoms with van der Waals surface area (Å²) in [5.41, 5.74) is -0.202. The van der Waals surface area contributed by atoms with Gasteiger partial charge in [0.15, 0.2) is 0 Å². The summed E-state index contributed by atoms with van der Waals surface area (Å²) in [4.78, 5) is 8.53. The highest BCUT2D eigenvalue weighted by molar-refractivity contribution is 7.88. The van der Waals surface area contributed by atoms with Gasteiger partial charge < -0.3 is 5.32 Å². The molecule has 0 radical (unpaired) electrons. The van der Waals surface area contributed by atoms with Crippen LogP contribution in [-0.4, -0.2) is 37.7 Å². The van der Waals surface area contributed by atoms with E-state index in [9.17, 15) is 8.42 Å². The van der Waals surface area contributed by atoms with Gasteiger partial charge in [0.2, 0.25) is 10.0 Å². The molecule has 0 amide bonds. The van der Waals surface area contributed by atoms with Crippen LogP contribution in [0.3, 0.4) is 0 Å².